The van der Waals surface area contributed by atoms with Gasteiger partial charge in [-0.05, 0) is 19.9 Å². The van der Waals surface area contributed by atoms with Crippen molar-refractivity contribution in [1.82, 2.24) is 5.32 Å². The Morgan fingerprint density at radius 3 is 2.47 bits per heavy atom. The van der Waals surface area contributed by atoms with Gasteiger partial charge in [0.25, 0.3) is 0 Å². The van der Waals surface area contributed by atoms with Crippen molar-refractivity contribution in [2.45, 2.75) is 32.2 Å². The second-order valence-corrected chi connectivity index (χ2v) is 4.57. The van der Waals surface area contributed by atoms with Gasteiger partial charge in [-0.25, -0.2) is 8.78 Å². The molecule has 1 aromatic carbocycles. The zero-order valence-corrected chi connectivity index (χ0v) is 11.2. The smallest absolute Gasteiger partial charge is 0.129 e. The normalized spacial score (nSPS) is 13.6. The number of ether oxygens (including phenoxy) is 1. The summed E-state index contributed by atoms with van der Waals surface area (Å²) < 4.78 is 31.1. The molecule has 1 N–H and O–H groups in total. The maximum Gasteiger partial charge on any atom is 0.129 e. The van der Waals surface area contributed by atoms with Crippen molar-refractivity contribution in [2.24, 2.45) is 0 Å². The fourth-order valence-electron chi connectivity index (χ4n) is 1.57. The molecule has 0 bridgehead atoms. The van der Waals surface area contributed by atoms with Crippen molar-refractivity contribution in [2.75, 3.05) is 13.2 Å². The molecule has 0 aliphatic carbocycles. The molecule has 104 valence electrons. The van der Waals surface area contributed by atoms with Crippen molar-refractivity contribution < 1.29 is 13.5 Å². The third kappa shape index (κ3) is 5.23. The number of hydrogen-bond donors (Lipinski definition) is 1. The van der Waals surface area contributed by atoms with Crippen LogP contribution in [-0.2, 0) is 0 Å². The quantitative estimate of drug-likeness (QED) is 0.826. The Labute approximate surface area is 112 Å². The van der Waals surface area contributed by atoms with E-state index in [1.54, 1.807) is 6.92 Å². The Kier molecular flexibility index (Phi) is 5.71. The third-order valence-electron chi connectivity index (χ3n) is 2.72. The average molecular weight is 268 g/mol. The molecular weight excluding hydrogens is 250 g/mol. The van der Waals surface area contributed by atoms with E-state index in [1.807, 2.05) is 6.92 Å². The topological polar surface area (TPSA) is 45.0 Å². The van der Waals surface area contributed by atoms with E-state index in [2.05, 4.69) is 11.4 Å². The molecule has 1 atom stereocenters. The van der Waals surface area contributed by atoms with Gasteiger partial charge in [-0.1, -0.05) is 6.92 Å². The number of rotatable bonds is 7. The van der Waals surface area contributed by atoms with Gasteiger partial charge < -0.3 is 4.74 Å². The van der Waals surface area contributed by atoms with Crippen molar-refractivity contribution in [3.8, 4) is 11.8 Å². The Balaban J connectivity index is 2.50. The van der Waals surface area contributed by atoms with Gasteiger partial charge in [0, 0.05) is 24.6 Å². The summed E-state index contributed by atoms with van der Waals surface area (Å²) in [6.07, 6.45) is 1.36. The Morgan fingerprint density at radius 2 is 1.95 bits per heavy atom. The molecule has 0 saturated carbocycles. The molecule has 0 heterocycles. The summed E-state index contributed by atoms with van der Waals surface area (Å²) in [5.41, 5.74) is -0.693. The molecule has 3 nitrogen and oxygen atoms in total. The molecule has 1 aromatic rings. The molecule has 1 rings (SSSR count). The van der Waals surface area contributed by atoms with Gasteiger partial charge in [-0.3, -0.25) is 5.32 Å². The summed E-state index contributed by atoms with van der Waals surface area (Å²) in [5.74, 6) is -1.22. The van der Waals surface area contributed by atoms with Crippen LogP contribution in [0.1, 0.15) is 26.7 Å². The largest absolute Gasteiger partial charge is 0.493 e. The lowest BCUT2D eigenvalue weighted by Crippen LogP contribution is -2.42. The lowest BCUT2D eigenvalue weighted by molar-refractivity contribution is 0.265. The summed E-state index contributed by atoms with van der Waals surface area (Å²) in [6, 6.07) is 5.20. The summed E-state index contributed by atoms with van der Waals surface area (Å²) >= 11 is 0. The van der Waals surface area contributed by atoms with Gasteiger partial charge in [-0.2, -0.15) is 5.26 Å². The minimum Gasteiger partial charge on any atom is -0.493 e. The zero-order valence-electron chi connectivity index (χ0n) is 11.2. The van der Waals surface area contributed by atoms with Gasteiger partial charge in [0.1, 0.15) is 22.9 Å². The van der Waals surface area contributed by atoms with Gasteiger partial charge >= 0.3 is 0 Å². The van der Waals surface area contributed by atoms with Crippen molar-refractivity contribution in [3.05, 3.63) is 29.8 Å². The van der Waals surface area contributed by atoms with Crippen LogP contribution in [0.2, 0.25) is 0 Å². The predicted molar refractivity (Wildman–Crippen MR) is 68.8 cm³/mol. The van der Waals surface area contributed by atoms with E-state index < -0.39 is 17.2 Å². The number of benzene rings is 1. The molecular formula is C14H18F2N2O. The molecule has 0 amide bonds. The molecule has 0 fully saturated rings. The van der Waals surface area contributed by atoms with E-state index in [-0.39, 0.29) is 12.4 Å². The standard InChI is InChI=1S/C14H18F2N2O/c1-3-5-18-14(2,10-17)4-6-19-13-8-11(15)7-12(16)9-13/h7-9,18H,3-6H2,1-2H3. The molecule has 0 spiro atoms. The summed E-state index contributed by atoms with van der Waals surface area (Å²) in [6.45, 7) is 4.73. The molecule has 1 unspecified atom stereocenters. The van der Waals surface area contributed by atoms with Gasteiger partial charge in [0.05, 0.1) is 12.7 Å². The SMILES string of the molecule is CCCNC(C)(C#N)CCOc1cc(F)cc(F)c1. The van der Waals surface area contributed by atoms with Crippen LogP contribution in [-0.4, -0.2) is 18.7 Å². The van der Waals surface area contributed by atoms with Crippen LogP contribution in [0, 0.1) is 23.0 Å². The molecule has 0 aromatic heterocycles. The van der Waals surface area contributed by atoms with Crippen molar-refractivity contribution >= 4 is 0 Å². The zero-order chi connectivity index (χ0) is 14.3. The first kappa shape index (κ1) is 15.4. The molecule has 0 radical (unpaired) electrons. The van der Waals surface area contributed by atoms with E-state index in [0.717, 1.165) is 31.2 Å². The Bertz CT molecular complexity index is 439. The predicted octanol–water partition coefficient (Wildman–Crippen LogP) is 3.02. The number of nitrogens with zero attached hydrogens (tertiary/aromatic N) is 1. The lowest BCUT2D eigenvalue weighted by Gasteiger charge is -2.23. The van der Waals surface area contributed by atoms with Crippen LogP contribution < -0.4 is 10.1 Å². The van der Waals surface area contributed by atoms with Gasteiger partial charge in [-0.15, -0.1) is 0 Å². The highest BCUT2D eigenvalue weighted by atomic mass is 19.1. The first-order valence-electron chi connectivity index (χ1n) is 6.24. The third-order valence-corrected chi connectivity index (χ3v) is 2.72. The highest BCUT2D eigenvalue weighted by Crippen LogP contribution is 2.17. The van der Waals surface area contributed by atoms with Crippen LogP contribution in [0.25, 0.3) is 0 Å². The second kappa shape index (κ2) is 7.05. The van der Waals surface area contributed by atoms with Gasteiger partial charge in [0.15, 0.2) is 0 Å². The first-order chi connectivity index (χ1) is 8.99. The maximum atomic E-state index is 12.9. The summed E-state index contributed by atoms with van der Waals surface area (Å²) in [4.78, 5) is 0. The van der Waals surface area contributed by atoms with Crippen LogP contribution in [0.15, 0.2) is 18.2 Å². The fraction of sp³-hybridized carbons (Fsp3) is 0.500. The van der Waals surface area contributed by atoms with E-state index in [1.165, 1.54) is 0 Å². The fourth-order valence-corrected chi connectivity index (χ4v) is 1.57. The number of nitrogens with one attached hydrogen (secondary N) is 1. The average Bonchev–Trinajstić information content (AvgIpc) is 2.35. The lowest BCUT2D eigenvalue weighted by atomic mass is 10.0. The second-order valence-electron chi connectivity index (χ2n) is 4.57. The van der Waals surface area contributed by atoms with E-state index in [9.17, 15) is 8.78 Å². The molecule has 5 heteroatoms. The van der Waals surface area contributed by atoms with Gasteiger partial charge in [0.2, 0.25) is 0 Å². The number of nitriles is 1. The number of halogens is 2. The Morgan fingerprint density at radius 1 is 1.32 bits per heavy atom. The monoisotopic (exact) mass is 268 g/mol. The molecule has 0 aliphatic rings. The van der Waals surface area contributed by atoms with Crippen molar-refractivity contribution in [1.29, 1.82) is 5.26 Å². The van der Waals surface area contributed by atoms with Crippen LogP contribution >= 0.6 is 0 Å². The maximum absolute atomic E-state index is 12.9. The summed E-state index contributed by atoms with van der Waals surface area (Å²) in [5, 5.41) is 12.2. The first-order valence-corrected chi connectivity index (χ1v) is 6.24. The molecule has 0 aliphatic heterocycles. The molecule has 19 heavy (non-hydrogen) atoms. The Hall–Kier alpha value is -1.67. The highest BCUT2D eigenvalue weighted by molar-refractivity contribution is 5.23. The minimum atomic E-state index is -0.693. The minimum absolute atomic E-state index is 0.133. The number of hydrogen-bond acceptors (Lipinski definition) is 3. The van der Waals surface area contributed by atoms with Crippen LogP contribution in [0.5, 0.6) is 5.75 Å². The van der Waals surface area contributed by atoms with Crippen LogP contribution in [0.4, 0.5) is 8.78 Å². The van der Waals surface area contributed by atoms with E-state index in [4.69, 9.17) is 10.00 Å². The molecule has 0 saturated heterocycles. The highest BCUT2D eigenvalue weighted by Gasteiger charge is 2.22. The van der Waals surface area contributed by atoms with E-state index >= 15 is 0 Å². The van der Waals surface area contributed by atoms with Crippen molar-refractivity contribution in [3.63, 3.8) is 0 Å². The van der Waals surface area contributed by atoms with Crippen LogP contribution in [0.3, 0.4) is 0 Å². The van der Waals surface area contributed by atoms with E-state index in [0.29, 0.717) is 6.42 Å². The summed E-state index contributed by atoms with van der Waals surface area (Å²) in [7, 11) is 0.